The fourth-order valence-electron chi connectivity index (χ4n) is 1.62. The van der Waals surface area contributed by atoms with E-state index in [0.717, 1.165) is 12.0 Å². The number of methoxy groups -OCH3 is 1. The van der Waals surface area contributed by atoms with Gasteiger partial charge in [-0.2, -0.15) is 0 Å². The lowest BCUT2D eigenvalue weighted by Crippen LogP contribution is -2.40. The zero-order chi connectivity index (χ0) is 13.5. The third-order valence-corrected chi connectivity index (χ3v) is 2.87. The van der Waals surface area contributed by atoms with Gasteiger partial charge in [-0.3, -0.25) is 4.79 Å². The fourth-order valence-corrected chi connectivity index (χ4v) is 1.78. The number of benzene rings is 1. The average molecular weight is 271 g/mol. The van der Waals surface area contributed by atoms with Gasteiger partial charge in [0, 0.05) is 17.1 Å². The van der Waals surface area contributed by atoms with Crippen LogP contribution >= 0.6 is 11.6 Å². The summed E-state index contributed by atoms with van der Waals surface area (Å²) in [5.74, 6) is 0.515. The molecule has 1 aromatic rings. The van der Waals surface area contributed by atoms with Gasteiger partial charge in [-0.15, -0.1) is 0 Å². The maximum absolute atomic E-state index is 11.7. The molecule has 0 heterocycles. The molecule has 0 aliphatic rings. The Morgan fingerprint density at radius 2 is 2.28 bits per heavy atom. The van der Waals surface area contributed by atoms with Gasteiger partial charge in [0.15, 0.2) is 0 Å². The Balaban J connectivity index is 2.60. The van der Waals surface area contributed by atoms with E-state index in [4.69, 9.17) is 22.1 Å². The first-order chi connectivity index (χ1) is 8.58. The first-order valence-electron chi connectivity index (χ1n) is 5.94. The van der Waals surface area contributed by atoms with Crippen LogP contribution in [-0.4, -0.2) is 19.1 Å². The molecule has 0 aliphatic carbocycles. The van der Waals surface area contributed by atoms with E-state index in [0.29, 0.717) is 23.7 Å². The molecule has 0 aromatic heterocycles. The molecular weight excluding hydrogens is 252 g/mol. The molecular formula is C13H19ClN2O2. The quantitative estimate of drug-likeness (QED) is 0.832. The van der Waals surface area contributed by atoms with Gasteiger partial charge in [0.2, 0.25) is 5.91 Å². The van der Waals surface area contributed by atoms with Gasteiger partial charge in [0.05, 0.1) is 13.2 Å². The number of amides is 1. The summed E-state index contributed by atoms with van der Waals surface area (Å²) in [7, 11) is 1.57. The molecule has 100 valence electrons. The third-order valence-electron chi connectivity index (χ3n) is 2.64. The van der Waals surface area contributed by atoms with Gasteiger partial charge >= 0.3 is 0 Å². The molecule has 1 aromatic carbocycles. The van der Waals surface area contributed by atoms with Crippen LogP contribution in [0.25, 0.3) is 0 Å². The second-order valence-corrected chi connectivity index (χ2v) is 4.51. The Morgan fingerprint density at radius 1 is 1.56 bits per heavy atom. The van der Waals surface area contributed by atoms with Crippen molar-refractivity contribution in [2.75, 3.05) is 7.11 Å². The standard InChI is InChI=1S/C13H19ClN2O2/c1-3-4-11(15)13(17)16-8-9-5-6-10(14)7-12(9)18-2/h5-7,11H,3-4,8,15H2,1-2H3,(H,16,17). The molecule has 0 saturated carbocycles. The van der Waals surface area contributed by atoms with Crippen molar-refractivity contribution in [3.8, 4) is 5.75 Å². The second-order valence-electron chi connectivity index (χ2n) is 4.07. The highest BCUT2D eigenvalue weighted by atomic mass is 35.5. The normalized spacial score (nSPS) is 12.0. The molecule has 0 radical (unpaired) electrons. The Kier molecular flexibility index (Phi) is 5.95. The van der Waals surface area contributed by atoms with Gasteiger partial charge in [0.1, 0.15) is 5.75 Å². The number of nitrogens with one attached hydrogen (secondary N) is 1. The summed E-state index contributed by atoms with van der Waals surface area (Å²) in [6.07, 6.45) is 1.57. The number of halogens is 1. The van der Waals surface area contributed by atoms with E-state index in [1.165, 1.54) is 0 Å². The number of rotatable bonds is 6. The van der Waals surface area contributed by atoms with Crippen molar-refractivity contribution in [2.24, 2.45) is 5.73 Å². The second kappa shape index (κ2) is 7.24. The van der Waals surface area contributed by atoms with Crippen LogP contribution in [0.1, 0.15) is 25.3 Å². The van der Waals surface area contributed by atoms with Gasteiger partial charge < -0.3 is 15.8 Å². The first-order valence-corrected chi connectivity index (χ1v) is 6.32. The maximum Gasteiger partial charge on any atom is 0.237 e. The molecule has 1 atom stereocenters. The predicted molar refractivity (Wildman–Crippen MR) is 72.7 cm³/mol. The lowest BCUT2D eigenvalue weighted by atomic mass is 10.1. The van der Waals surface area contributed by atoms with E-state index in [2.05, 4.69) is 5.32 Å². The van der Waals surface area contributed by atoms with Crippen LogP contribution in [0.2, 0.25) is 5.02 Å². The highest BCUT2D eigenvalue weighted by Gasteiger charge is 2.12. The van der Waals surface area contributed by atoms with Crippen molar-refractivity contribution < 1.29 is 9.53 Å². The topological polar surface area (TPSA) is 64.4 Å². The van der Waals surface area contributed by atoms with E-state index in [1.54, 1.807) is 19.2 Å². The molecule has 4 nitrogen and oxygen atoms in total. The molecule has 0 saturated heterocycles. The third kappa shape index (κ3) is 4.20. The SMILES string of the molecule is CCCC(N)C(=O)NCc1ccc(Cl)cc1OC. The van der Waals surface area contributed by atoms with Crippen molar-refractivity contribution in [1.29, 1.82) is 0 Å². The molecule has 5 heteroatoms. The van der Waals surface area contributed by atoms with E-state index >= 15 is 0 Å². The largest absolute Gasteiger partial charge is 0.496 e. The van der Waals surface area contributed by atoms with Crippen LogP contribution < -0.4 is 15.8 Å². The monoisotopic (exact) mass is 270 g/mol. The molecule has 0 aliphatic heterocycles. The molecule has 1 rings (SSSR count). The Hall–Kier alpha value is -1.26. The number of hydrogen-bond donors (Lipinski definition) is 2. The summed E-state index contributed by atoms with van der Waals surface area (Å²) in [6, 6.07) is 4.85. The zero-order valence-corrected chi connectivity index (χ0v) is 11.5. The molecule has 0 spiro atoms. The van der Waals surface area contributed by atoms with Gasteiger partial charge in [-0.25, -0.2) is 0 Å². The number of carbonyl (C=O) groups excluding carboxylic acids is 1. The van der Waals surface area contributed by atoms with E-state index < -0.39 is 6.04 Å². The van der Waals surface area contributed by atoms with Crippen LogP contribution in [0.15, 0.2) is 18.2 Å². The average Bonchev–Trinajstić information content (AvgIpc) is 2.37. The summed E-state index contributed by atoms with van der Waals surface area (Å²) < 4.78 is 5.20. The maximum atomic E-state index is 11.7. The molecule has 1 amide bonds. The van der Waals surface area contributed by atoms with Gasteiger partial charge in [-0.05, 0) is 18.6 Å². The van der Waals surface area contributed by atoms with Crippen LogP contribution in [0, 0.1) is 0 Å². The van der Waals surface area contributed by atoms with Crippen LogP contribution in [0.3, 0.4) is 0 Å². The Bertz CT molecular complexity index is 410. The van der Waals surface area contributed by atoms with Crippen molar-refractivity contribution in [1.82, 2.24) is 5.32 Å². The van der Waals surface area contributed by atoms with Crippen molar-refractivity contribution in [3.05, 3.63) is 28.8 Å². The van der Waals surface area contributed by atoms with Gasteiger partial charge in [0.25, 0.3) is 0 Å². The number of carbonyl (C=O) groups is 1. The number of nitrogens with two attached hydrogens (primary N) is 1. The summed E-state index contributed by atoms with van der Waals surface area (Å²) in [5.41, 5.74) is 6.60. The van der Waals surface area contributed by atoms with Crippen molar-refractivity contribution in [3.63, 3.8) is 0 Å². The minimum atomic E-state index is -0.451. The highest BCUT2D eigenvalue weighted by Crippen LogP contribution is 2.22. The van der Waals surface area contributed by atoms with Crippen LogP contribution in [0.5, 0.6) is 5.75 Å². The fraction of sp³-hybridized carbons (Fsp3) is 0.462. The predicted octanol–water partition coefficient (Wildman–Crippen LogP) is 2.09. The minimum absolute atomic E-state index is 0.145. The summed E-state index contributed by atoms with van der Waals surface area (Å²) in [6.45, 7) is 2.38. The lowest BCUT2D eigenvalue weighted by Gasteiger charge is -2.13. The molecule has 3 N–H and O–H groups in total. The van der Waals surface area contributed by atoms with Gasteiger partial charge in [-0.1, -0.05) is 31.0 Å². The van der Waals surface area contributed by atoms with E-state index in [-0.39, 0.29) is 5.91 Å². The molecule has 0 fully saturated rings. The number of ether oxygens (including phenoxy) is 1. The van der Waals surface area contributed by atoms with Crippen molar-refractivity contribution >= 4 is 17.5 Å². The summed E-state index contributed by atoms with van der Waals surface area (Å²) >= 11 is 5.86. The minimum Gasteiger partial charge on any atom is -0.496 e. The smallest absolute Gasteiger partial charge is 0.237 e. The lowest BCUT2D eigenvalue weighted by molar-refractivity contribution is -0.122. The molecule has 18 heavy (non-hydrogen) atoms. The summed E-state index contributed by atoms with van der Waals surface area (Å²) in [4.78, 5) is 11.7. The van der Waals surface area contributed by atoms with Crippen molar-refractivity contribution in [2.45, 2.75) is 32.4 Å². The zero-order valence-electron chi connectivity index (χ0n) is 10.7. The Morgan fingerprint density at radius 3 is 2.89 bits per heavy atom. The number of hydrogen-bond acceptors (Lipinski definition) is 3. The van der Waals surface area contributed by atoms with E-state index in [1.807, 2.05) is 13.0 Å². The highest BCUT2D eigenvalue weighted by molar-refractivity contribution is 6.30. The van der Waals surface area contributed by atoms with Crippen LogP contribution in [-0.2, 0) is 11.3 Å². The van der Waals surface area contributed by atoms with Crippen LogP contribution in [0.4, 0.5) is 0 Å². The molecule has 1 unspecified atom stereocenters. The van der Waals surface area contributed by atoms with E-state index in [9.17, 15) is 4.79 Å². The Labute approximate surface area is 112 Å². The molecule has 0 bridgehead atoms. The summed E-state index contributed by atoms with van der Waals surface area (Å²) in [5, 5.41) is 3.39. The first kappa shape index (κ1) is 14.8.